The van der Waals surface area contributed by atoms with E-state index in [9.17, 15) is 18.8 Å². The van der Waals surface area contributed by atoms with Gasteiger partial charge in [0.1, 0.15) is 0 Å². The molecule has 4 rings (SSSR count). The second kappa shape index (κ2) is 11.4. The van der Waals surface area contributed by atoms with Crippen molar-refractivity contribution < 1.29 is 13.6 Å². The highest BCUT2D eigenvalue weighted by Crippen LogP contribution is 2.35. The average Bonchev–Trinajstić information content (AvgIpc) is 3.38. The minimum Gasteiger partial charge on any atom is -0.322 e. The summed E-state index contributed by atoms with van der Waals surface area (Å²) in [7, 11) is 0. The van der Waals surface area contributed by atoms with Crippen molar-refractivity contribution in [2.75, 3.05) is 31.5 Å². The molecule has 2 aromatic carbocycles. The number of nitrogens with zero attached hydrogens (tertiary/aromatic N) is 3. The molecule has 0 spiro atoms. The summed E-state index contributed by atoms with van der Waals surface area (Å²) >= 11 is 0. The van der Waals surface area contributed by atoms with Crippen molar-refractivity contribution in [3.8, 4) is 6.07 Å². The highest BCUT2D eigenvalue weighted by Gasteiger charge is 2.30. The molecule has 0 aromatic heterocycles. The number of halogens is 2. The van der Waals surface area contributed by atoms with E-state index >= 15 is 0 Å². The van der Waals surface area contributed by atoms with Crippen LogP contribution in [0.25, 0.3) is 0 Å². The third-order valence-electron chi connectivity index (χ3n) is 7.13. The number of anilines is 1. The lowest BCUT2D eigenvalue weighted by Gasteiger charge is -2.37. The molecular formula is C27H32F2N4O. The summed E-state index contributed by atoms with van der Waals surface area (Å²) in [5.41, 5.74) is 2.12. The van der Waals surface area contributed by atoms with E-state index in [1.807, 2.05) is 23.1 Å². The molecule has 34 heavy (non-hydrogen) atoms. The second-order valence-electron chi connectivity index (χ2n) is 9.40. The first-order chi connectivity index (χ1) is 16.5. The van der Waals surface area contributed by atoms with Crippen LogP contribution in [-0.4, -0.2) is 48.1 Å². The van der Waals surface area contributed by atoms with Crippen LogP contribution in [0.2, 0.25) is 0 Å². The van der Waals surface area contributed by atoms with Crippen LogP contribution < -0.4 is 5.32 Å². The molecule has 2 aromatic rings. The number of hydrogen-bond donors (Lipinski definition) is 1. The quantitative estimate of drug-likeness (QED) is 0.554. The van der Waals surface area contributed by atoms with E-state index < -0.39 is 11.6 Å². The fraction of sp³-hybridized carbons (Fsp3) is 0.481. The van der Waals surface area contributed by atoms with Crippen LogP contribution in [0.3, 0.4) is 0 Å². The summed E-state index contributed by atoms with van der Waals surface area (Å²) in [6.07, 6.45) is 6.98. The van der Waals surface area contributed by atoms with Crippen molar-refractivity contribution >= 4 is 11.7 Å². The molecule has 0 bridgehead atoms. The molecule has 0 radical (unpaired) electrons. The Kier molecular flexibility index (Phi) is 8.12. The zero-order valence-corrected chi connectivity index (χ0v) is 19.5. The van der Waals surface area contributed by atoms with E-state index in [2.05, 4.69) is 22.4 Å². The number of likely N-dealkylation sites (tertiary alicyclic amines) is 1. The van der Waals surface area contributed by atoms with Gasteiger partial charge in [-0.25, -0.2) is 13.6 Å². The lowest BCUT2D eigenvalue weighted by Crippen LogP contribution is -2.45. The molecule has 0 atom stereocenters. The van der Waals surface area contributed by atoms with Crippen LogP contribution in [0.15, 0.2) is 42.5 Å². The molecule has 1 aliphatic carbocycles. The number of nitriles is 1. The van der Waals surface area contributed by atoms with Crippen molar-refractivity contribution in [2.24, 2.45) is 0 Å². The van der Waals surface area contributed by atoms with Gasteiger partial charge >= 0.3 is 6.03 Å². The van der Waals surface area contributed by atoms with Gasteiger partial charge in [0.15, 0.2) is 11.6 Å². The summed E-state index contributed by atoms with van der Waals surface area (Å²) in [5, 5.41) is 12.0. The normalized spacial score (nSPS) is 20.6. The molecule has 1 aliphatic heterocycles. The van der Waals surface area contributed by atoms with Gasteiger partial charge in [-0.2, -0.15) is 5.26 Å². The highest BCUT2D eigenvalue weighted by atomic mass is 19.2. The van der Waals surface area contributed by atoms with Crippen LogP contribution in [0.5, 0.6) is 0 Å². The molecule has 0 unspecified atom stereocenters. The lowest BCUT2D eigenvalue weighted by molar-refractivity contribution is 0.157. The molecule has 2 amide bonds. The van der Waals surface area contributed by atoms with Gasteiger partial charge in [-0.15, -0.1) is 0 Å². The third-order valence-corrected chi connectivity index (χ3v) is 7.13. The number of carbonyl (C=O) groups excluding carboxylic acids is 1. The van der Waals surface area contributed by atoms with Gasteiger partial charge in [-0.3, -0.25) is 0 Å². The number of nitrogens with one attached hydrogen (secondary N) is 1. The lowest BCUT2D eigenvalue weighted by atomic mass is 9.81. The van der Waals surface area contributed by atoms with Gasteiger partial charge in [0.05, 0.1) is 11.6 Å². The number of rotatable bonds is 7. The Morgan fingerprint density at radius 1 is 1.06 bits per heavy atom. The SMILES string of the molecule is N#Cc1cccc([C@H]2CC[C@H](N(CCCN3CCCC3)C(=O)Nc3ccc(F)c(F)c3)CC2)c1. The zero-order chi connectivity index (χ0) is 23.9. The first kappa shape index (κ1) is 24.2. The number of amides is 2. The van der Waals surface area contributed by atoms with E-state index in [1.165, 1.54) is 24.5 Å². The Hall–Kier alpha value is -2.98. The summed E-state index contributed by atoms with van der Waals surface area (Å²) in [6, 6.07) is 13.3. The number of carbonyl (C=O) groups is 1. The van der Waals surface area contributed by atoms with E-state index in [-0.39, 0.29) is 17.8 Å². The number of hydrogen-bond acceptors (Lipinski definition) is 3. The Morgan fingerprint density at radius 2 is 1.82 bits per heavy atom. The van der Waals surface area contributed by atoms with Gasteiger partial charge in [0.25, 0.3) is 0 Å². The summed E-state index contributed by atoms with van der Waals surface area (Å²) in [4.78, 5) is 17.5. The van der Waals surface area contributed by atoms with Crippen LogP contribution >= 0.6 is 0 Å². The molecule has 180 valence electrons. The smallest absolute Gasteiger partial charge is 0.322 e. The molecule has 7 heteroatoms. The average molecular weight is 467 g/mol. The van der Waals surface area contributed by atoms with Crippen molar-refractivity contribution in [3.05, 3.63) is 65.2 Å². The van der Waals surface area contributed by atoms with Gasteiger partial charge < -0.3 is 15.1 Å². The minimum atomic E-state index is -0.974. The fourth-order valence-electron chi connectivity index (χ4n) is 5.27. The maximum atomic E-state index is 13.7. The van der Waals surface area contributed by atoms with Crippen LogP contribution in [0.4, 0.5) is 19.3 Å². The Bertz CT molecular complexity index is 1020. The van der Waals surface area contributed by atoms with Gasteiger partial charge in [-0.1, -0.05) is 12.1 Å². The van der Waals surface area contributed by atoms with Crippen molar-refractivity contribution in [1.29, 1.82) is 5.26 Å². The van der Waals surface area contributed by atoms with E-state index in [0.29, 0.717) is 18.0 Å². The van der Waals surface area contributed by atoms with Crippen molar-refractivity contribution in [1.82, 2.24) is 9.80 Å². The molecule has 1 N–H and O–H groups in total. The maximum absolute atomic E-state index is 13.7. The van der Waals surface area contributed by atoms with E-state index in [4.69, 9.17) is 0 Å². The standard InChI is InChI=1S/C27H32F2N4O/c28-25-12-9-23(18-26(25)29)31-27(34)33(16-4-15-32-13-1-2-14-32)24-10-7-21(8-11-24)22-6-3-5-20(17-22)19-30/h3,5-6,9,12,17-18,21,24H,1-2,4,7-8,10-11,13-16H2,(H,31,34)/t21-,24-. The molecule has 2 aliphatic rings. The van der Waals surface area contributed by atoms with Crippen LogP contribution in [0, 0.1) is 23.0 Å². The summed E-state index contributed by atoms with van der Waals surface area (Å²) < 4.78 is 27.0. The molecule has 1 saturated carbocycles. The van der Waals surface area contributed by atoms with E-state index in [0.717, 1.165) is 63.9 Å². The largest absolute Gasteiger partial charge is 0.322 e. The minimum absolute atomic E-state index is 0.0965. The van der Waals surface area contributed by atoms with Crippen LogP contribution in [0.1, 0.15) is 62.0 Å². The Morgan fingerprint density at radius 3 is 2.53 bits per heavy atom. The van der Waals surface area contributed by atoms with Gasteiger partial charge in [-0.05, 0) is 100 Å². The summed E-state index contributed by atoms with van der Waals surface area (Å²) in [6.45, 7) is 3.83. The third kappa shape index (κ3) is 6.12. The van der Waals surface area contributed by atoms with Crippen molar-refractivity contribution in [2.45, 2.75) is 56.9 Å². The summed E-state index contributed by atoms with van der Waals surface area (Å²) in [5.74, 6) is -1.52. The zero-order valence-electron chi connectivity index (χ0n) is 19.5. The fourth-order valence-corrected chi connectivity index (χ4v) is 5.27. The molecule has 1 heterocycles. The molecular weight excluding hydrogens is 434 g/mol. The van der Waals surface area contributed by atoms with E-state index in [1.54, 1.807) is 0 Å². The second-order valence-corrected chi connectivity index (χ2v) is 9.40. The van der Waals surface area contributed by atoms with Gasteiger partial charge in [0, 0.05) is 24.3 Å². The molecule has 2 fully saturated rings. The topological polar surface area (TPSA) is 59.4 Å². The Balaban J connectivity index is 1.40. The highest BCUT2D eigenvalue weighted by molar-refractivity contribution is 5.89. The van der Waals surface area contributed by atoms with Crippen LogP contribution in [-0.2, 0) is 0 Å². The monoisotopic (exact) mass is 466 g/mol. The molecule has 5 nitrogen and oxygen atoms in total. The predicted molar refractivity (Wildman–Crippen MR) is 129 cm³/mol. The van der Waals surface area contributed by atoms with Gasteiger partial charge in [0.2, 0.25) is 0 Å². The Labute approximate surface area is 200 Å². The maximum Gasteiger partial charge on any atom is 0.322 e. The first-order valence-electron chi connectivity index (χ1n) is 12.3. The van der Waals surface area contributed by atoms with Crippen molar-refractivity contribution in [3.63, 3.8) is 0 Å². The number of benzene rings is 2. The predicted octanol–water partition coefficient (Wildman–Crippen LogP) is 5.88. The number of urea groups is 1. The first-order valence-corrected chi connectivity index (χ1v) is 12.3. The molecule has 1 saturated heterocycles.